The molecule has 0 aliphatic rings. The van der Waals surface area contributed by atoms with E-state index in [1.807, 2.05) is 0 Å². The van der Waals surface area contributed by atoms with E-state index in [2.05, 4.69) is 10.6 Å². The zero-order valence-corrected chi connectivity index (χ0v) is 18.0. The Morgan fingerprint density at radius 1 is 0.818 bits per heavy atom. The fourth-order valence-corrected chi connectivity index (χ4v) is 2.92. The first-order valence-corrected chi connectivity index (χ1v) is 9.84. The lowest BCUT2D eigenvalue weighted by Gasteiger charge is -2.14. The fourth-order valence-electron chi connectivity index (χ4n) is 2.92. The second kappa shape index (κ2) is 10.6. The summed E-state index contributed by atoms with van der Waals surface area (Å²) in [7, 11) is 3.05. The molecular formula is C25H21N2O6-. The molecule has 0 aliphatic carbocycles. The molecule has 2 amide bonds. The van der Waals surface area contributed by atoms with Crippen LogP contribution >= 0.6 is 0 Å². The van der Waals surface area contributed by atoms with Gasteiger partial charge in [-0.15, -0.1) is 0 Å². The van der Waals surface area contributed by atoms with Crippen LogP contribution in [0.3, 0.4) is 0 Å². The second-order valence-corrected chi connectivity index (χ2v) is 6.80. The molecule has 3 rings (SSSR count). The number of carboxylic acids is 1. The minimum atomic E-state index is -1.44. The predicted molar refractivity (Wildman–Crippen MR) is 121 cm³/mol. The third-order valence-electron chi connectivity index (χ3n) is 4.67. The average molecular weight is 445 g/mol. The summed E-state index contributed by atoms with van der Waals surface area (Å²) in [5.41, 5.74) is 0.690. The Bertz CT molecular complexity index is 1180. The third kappa shape index (κ3) is 5.98. The standard InChI is InChI=1S/C25H22N2O6/c1-32-18-11-7-16(8-12-18)15-22(27-23(28)17-9-13-19(33-2)14-10-17)24(29)26-21-6-4-3-5-20(21)25(30)31/h3-15H,1-2H3,(H,26,29)(H,27,28)(H,30,31)/p-1/b22-15-. The minimum absolute atomic E-state index is 0.0434. The van der Waals surface area contributed by atoms with Gasteiger partial charge < -0.3 is 30.0 Å². The SMILES string of the molecule is COc1ccc(/C=C(\NC(=O)c2ccc(OC)cc2)C(=O)Nc2ccccc2C(=O)[O-])cc1. The second-order valence-electron chi connectivity index (χ2n) is 6.80. The molecule has 0 atom stereocenters. The minimum Gasteiger partial charge on any atom is -0.545 e. The highest BCUT2D eigenvalue weighted by atomic mass is 16.5. The normalized spacial score (nSPS) is 10.8. The zero-order chi connectivity index (χ0) is 23.8. The number of aromatic carboxylic acids is 1. The van der Waals surface area contributed by atoms with Crippen LogP contribution in [0.5, 0.6) is 11.5 Å². The van der Waals surface area contributed by atoms with Crippen molar-refractivity contribution in [2.45, 2.75) is 0 Å². The summed E-state index contributed by atoms with van der Waals surface area (Å²) in [6.45, 7) is 0. The van der Waals surface area contributed by atoms with Crippen LogP contribution in [0.1, 0.15) is 26.3 Å². The van der Waals surface area contributed by atoms with Crippen molar-refractivity contribution in [2.75, 3.05) is 19.5 Å². The van der Waals surface area contributed by atoms with Crippen molar-refractivity contribution >= 4 is 29.5 Å². The van der Waals surface area contributed by atoms with Crippen LogP contribution in [-0.2, 0) is 4.79 Å². The lowest BCUT2D eigenvalue weighted by Crippen LogP contribution is -2.31. The highest BCUT2D eigenvalue weighted by Crippen LogP contribution is 2.18. The first kappa shape index (κ1) is 23.1. The lowest BCUT2D eigenvalue weighted by atomic mass is 10.1. The van der Waals surface area contributed by atoms with Gasteiger partial charge in [-0.1, -0.05) is 30.3 Å². The number of anilines is 1. The number of benzene rings is 3. The van der Waals surface area contributed by atoms with Gasteiger partial charge in [-0.25, -0.2) is 0 Å². The highest BCUT2D eigenvalue weighted by molar-refractivity contribution is 6.12. The van der Waals surface area contributed by atoms with Crippen LogP contribution in [0.15, 0.2) is 78.5 Å². The fraction of sp³-hybridized carbons (Fsp3) is 0.0800. The number of carbonyl (C=O) groups is 3. The van der Waals surface area contributed by atoms with Crippen LogP contribution in [0.25, 0.3) is 6.08 Å². The van der Waals surface area contributed by atoms with Gasteiger partial charge in [0.15, 0.2) is 0 Å². The van der Waals surface area contributed by atoms with Gasteiger partial charge in [-0.2, -0.15) is 0 Å². The molecule has 0 radical (unpaired) electrons. The third-order valence-corrected chi connectivity index (χ3v) is 4.67. The summed E-state index contributed by atoms with van der Waals surface area (Å²) in [6, 6.07) is 19.0. The molecule has 168 valence electrons. The maximum absolute atomic E-state index is 13.0. The van der Waals surface area contributed by atoms with E-state index in [4.69, 9.17) is 9.47 Å². The number of amides is 2. The van der Waals surface area contributed by atoms with Crippen molar-refractivity contribution < 1.29 is 29.0 Å². The number of carbonyl (C=O) groups excluding carboxylic acids is 3. The summed E-state index contributed by atoms with van der Waals surface area (Å²) in [4.78, 5) is 37.2. The van der Waals surface area contributed by atoms with Gasteiger partial charge in [-0.3, -0.25) is 9.59 Å². The maximum Gasteiger partial charge on any atom is 0.272 e. The van der Waals surface area contributed by atoms with E-state index in [1.54, 1.807) is 54.6 Å². The summed E-state index contributed by atoms with van der Waals surface area (Å²) in [5.74, 6) is -1.46. The Labute approximate surface area is 190 Å². The smallest absolute Gasteiger partial charge is 0.272 e. The van der Waals surface area contributed by atoms with Gasteiger partial charge in [0, 0.05) is 11.1 Å². The van der Waals surface area contributed by atoms with Gasteiger partial charge in [-0.05, 0) is 54.1 Å². The number of ether oxygens (including phenoxy) is 2. The van der Waals surface area contributed by atoms with Crippen molar-refractivity contribution in [1.82, 2.24) is 5.32 Å². The molecular weight excluding hydrogens is 424 g/mol. The zero-order valence-electron chi connectivity index (χ0n) is 18.0. The van der Waals surface area contributed by atoms with E-state index in [-0.39, 0.29) is 16.9 Å². The highest BCUT2D eigenvalue weighted by Gasteiger charge is 2.16. The first-order chi connectivity index (χ1) is 15.9. The summed E-state index contributed by atoms with van der Waals surface area (Å²) in [5, 5.41) is 16.5. The molecule has 0 aromatic heterocycles. The molecule has 0 saturated heterocycles. The molecule has 3 aromatic carbocycles. The molecule has 0 spiro atoms. The molecule has 8 nitrogen and oxygen atoms in total. The van der Waals surface area contributed by atoms with Crippen LogP contribution in [0.2, 0.25) is 0 Å². The van der Waals surface area contributed by atoms with E-state index in [9.17, 15) is 19.5 Å². The van der Waals surface area contributed by atoms with Crippen molar-refractivity contribution in [3.05, 3.63) is 95.2 Å². The Morgan fingerprint density at radius 2 is 1.39 bits per heavy atom. The Balaban J connectivity index is 1.91. The predicted octanol–water partition coefficient (Wildman–Crippen LogP) is 2.48. The monoisotopic (exact) mass is 445 g/mol. The average Bonchev–Trinajstić information content (AvgIpc) is 2.84. The number of hydrogen-bond donors (Lipinski definition) is 2. The van der Waals surface area contributed by atoms with Gasteiger partial charge in [0.25, 0.3) is 11.8 Å². The number of methoxy groups -OCH3 is 2. The van der Waals surface area contributed by atoms with Crippen LogP contribution in [-0.4, -0.2) is 32.0 Å². The Morgan fingerprint density at radius 3 is 1.97 bits per heavy atom. The largest absolute Gasteiger partial charge is 0.545 e. The summed E-state index contributed by atoms with van der Waals surface area (Å²) >= 11 is 0. The molecule has 33 heavy (non-hydrogen) atoms. The van der Waals surface area contributed by atoms with Crippen molar-refractivity contribution in [2.24, 2.45) is 0 Å². The molecule has 0 fully saturated rings. The summed E-state index contributed by atoms with van der Waals surface area (Å²) in [6.07, 6.45) is 1.47. The van der Waals surface area contributed by atoms with E-state index >= 15 is 0 Å². The molecule has 0 unspecified atom stereocenters. The molecule has 8 heteroatoms. The van der Waals surface area contributed by atoms with Crippen molar-refractivity contribution in [3.8, 4) is 11.5 Å². The number of rotatable bonds is 8. The van der Waals surface area contributed by atoms with Crippen LogP contribution < -0.4 is 25.2 Å². The van der Waals surface area contributed by atoms with Crippen molar-refractivity contribution in [3.63, 3.8) is 0 Å². The first-order valence-electron chi connectivity index (χ1n) is 9.84. The Hall–Kier alpha value is -4.59. The molecule has 0 aliphatic heterocycles. The molecule has 0 saturated carbocycles. The van der Waals surface area contributed by atoms with Crippen LogP contribution in [0, 0.1) is 0 Å². The van der Waals surface area contributed by atoms with E-state index < -0.39 is 17.8 Å². The Kier molecular flexibility index (Phi) is 7.43. The van der Waals surface area contributed by atoms with E-state index in [0.29, 0.717) is 22.6 Å². The van der Waals surface area contributed by atoms with Gasteiger partial charge in [0.05, 0.1) is 25.9 Å². The van der Waals surface area contributed by atoms with Gasteiger partial charge in [0.1, 0.15) is 17.2 Å². The topological polar surface area (TPSA) is 117 Å². The molecule has 2 N–H and O–H groups in total. The van der Waals surface area contributed by atoms with Gasteiger partial charge in [0.2, 0.25) is 0 Å². The van der Waals surface area contributed by atoms with E-state index in [0.717, 1.165) is 0 Å². The number of hydrogen-bond acceptors (Lipinski definition) is 6. The van der Waals surface area contributed by atoms with E-state index in [1.165, 1.54) is 38.5 Å². The number of nitrogens with one attached hydrogen (secondary N) is 2. The van der Waals surface area contributed by atoms with Gasteiger partial charge >= 0.3 is 0 Å². The quantitative estimate of drug-likeness (QED) is 0.515. The lowest BCUT2D eigenvalue weighted by molar-refractivity contribution is -0.254. The maximum atomic E-state index is 13.0. The summed E-state index contributed by atoms with van der Waals surface area (Å²) < 4.78 is 10.2. The molecule has 3 aromatic rings. The number of para-hydroxylation sites is 1. The molecule has 0 bridgehead atoms. The number of carboxylic acid groups (broad SMARTS) is 1. The molecule has 0 heterocycles. The van der Waals surface area contributed by atoms with Crippen molar-refractivity contribution in [1.29, 1.82) is 0 Å². The van der Waals surface area contributed by atoms with Crippen LogP contribution in [0.4, 0.5) is 5.69 Å².